The highest BCUT2D eigenvalue weighted by Gasteiger charge is 2.20. The molecule has 5 heteroatoms. The number of carboxylic acids is 1. The van der Waals surface area contributed by atoms with E-state index < -0.39 is 5.97 Å². The van der Waals surface area contributed by atoms with Gasteiger partial charge in [0.25, 0.3) is 0 Å². The van der Waals surface area contributed by atoms with Crippen LogP contribution in [0.4, 0.5) is 0 Å². The molecule has 0 aromatic carbocycles. The Labute approximate surface area is 102 Å². The summed E-state index contributed by atoms with van der Waals surface area (Å²) in [5, 5.41) is 11.6. The molecule has 0 aromatic heterocycles. The first-order chi connectivity index (χ1) is 7.97. The van der Waals surface area contributed by atoms with Gasteiger partial charge >= 0.3 is 5.97 Å². The lowest BCUT2D eigenvalue weighted by Crippen LogP contribution is -2.46. The summed E-state index contributed by atoms with van der Waals surface area (Å²) in [6.45, 7) is 3.77. The Morgan fingerprint density at radius 1 is 1.47 bits per heavy atom. The molecule has 1 rings (SSSR count). The van der Waals surface area contributed by atoms with Crippen LogP contribution in [0.1, 0.15) is 32.6 Å². The van der Waals surface area contributed by atoms with Crippen molar-refractivity contribution in [2.24, 2.45) is 5.92 Å². The summed E-state index contributed by atoms with van der Waals surface area (Å²) in [7, 11) is 2.05. The number of rotatable bonds is 5. The third kappa shape index (κ3) is 5.68. The second-order valence-electron chi connectivity index (χ2n) is 5.08. The van der Waals surface area contributed by atoms with Gasteiger partial charge in [-0.2, -0.15) is 0 Å². The fraction of sp³-hybridized carbons (Fsp3) is 0.833. The van der Waals surface area contributed by atoms with Gasteiger partial charge in [-0.05, 0) is 32.4 Å². The highest BCUT2D eigenvalue weighted by Crippen LogP contribution is 2.10. The number of piperidine rings is 1. The lowest BCUT2D eigenvalue weighted by Gasteiger charge is -2.30. The fourth-order valence-corrected chi connectivity index (χ4v) is 2.26. The van der Waals surface area contributed by atoms with Crippen molar-refractivity contribution < 1.29 is 14.7 Å². The molecule has 1 saturated heterocycles. The summed E-state index contributed by atoms with van der Waals surface area (Å²) < 4.78 is 0. The Hall–Kier alpha value is -1.10. The van der Waals surface area contributed by atoms with Crippen molar-refractivity contribution in [2.75, 3.05) is 20.1 Å². The molecule has 1 aliphatic heterocycles. The van der Waals surface area contributed by atoms with E-state index in [9.17, 15) is 9.59 Å². The monoisotopic (exact) mass is 242 g/mol. The zero-order valence-electron chi connectivity index (χ0n) is 10.6. The number of carbonyl (C=O) groups is 2. The lowest BCUT2D eigenvalue weighted by molar-refractivity contribution is -0.138. The summed E-state index contributed by atoms with van der Waals surface area (Å²) in [5.41, 5.74) is 0. The number of amides is 1. The van der Waals surface area contributed by atoms with Crippen molar-refractivity contribution in [3.05, 3.63) is 0 Å². The van der Waals surface area contributed by atoms with E-state index in [1.807, 2.05) is 7.05 Å². The SMILES string of the molecule is CC(CC(=O)O)CC(=O)NC1CCCN(C)C1. The first kappa shape index (κ1) is 14.0. The van der Waals surface area contributed by atoms with E-state index in [4.69, 9.17) is 5.11 Å². The number of likely N-dealkylation sites (N-methyl/N-ethyl adjacent to an activating group) is 1. The topological polar surface area (TPSA) is 69.6 Å². The van der Waals surface area contributed by atoms with E-state index in [2.05, 4.69) is 10.2 Å². The Bertz CT molecular complexity index is 281. The molecule has 1 amide bonds. The van der Waals surface area contributed by atoms with E-state index >= 15 is 0 Å². The van der Waals surface area contributed by atoms with Crippen molar-refractivity contribution in [2.45, 2.75) is 38.6 Å². The molecular formula is C12H22N2O3. The van der Waals surface area contributed by atoms with E-state index in [-0.39, 0.29) is 24.3 Å². The first-order valence-corrected chi connectivity index (χ1v) is 6.17. The van der Waals surface area contributed by atoms with E-state index in [0.717, 1.165) is 25.9 Å². The number of likely N-dealkylation sites (tertiary alicyclic amines) is 1. The van der Waals surface area contributed by atoms with Crippen LogP contribution in [0, 0.1) is 5.92 Å². The smallest absolute Gasteiger partial charge is 0.303 e. The molecule has 17 heavy (non-hydrogen) atoms. The van der Waals surface area contributed by atoms with Crippen LogP contribution in [0.2, 0.25) is 0 Å². The number of carboxylic acid groups (broad SMARTS) is 1. The Morgan fingerprint density at radius 2 is 2.18 bits per heavy atom. The molecule has 1 heterocycles. The van der Waals surface area contributed by atoms with Gasteiger partial charge in [-0.15, -0.1) is 0 Å². The van der Waals surface area contributed by atoms with Crippen molar-refractivity contribution in [3.63, 3.8) is 0 Å². The van der Waals surface area contributed by atoms with E-state index in [1.54, 1.807) is 6.92 Å². The number of hydrogen-bond donors (Lipinski definition) is 2. The van der Waals surface area contributed by atoms with Gasteiger partial charge in [0.2, 0.25) is 5.91 Å². The van der Waals surface area contributed by atoms with Crippen LogP contribution in [0.15, 0.2) is 0 Å². The second kappa shape index (κ2) is 6.59. The van der Waals surface area contributed by atoms with Gasteiger partial charge in [0.05, 0.1) is 0 Å². The molecule has 5 nitrogen and oxygen atoms in total. The molecule has 0 bridgehead atoms. The average molecular weight is 242 g/mol. The molecule has 0 aliphatic carbocycles. The maximum atomic E-state index is 11.7. The van der Waals surface area contributed by atoms with Crippen LogP contribution >= 0.6 is 0 Å². The highest BCUT2D eigenvalue weighted by atomic mass is 16.4. The highest BCUT2D eigenvalue weighted by molar-refractivity contribution is 5.77. The molecule has 0 spiro atoms. The summed E-state index contributed by atoms with van der Waals surface area (Å²) in [6.07, 6.45) is 2.47. The summed E-state index contributed by atoms with van der Waals surface area (Å²) in [6, 6.07) is 0.221. The van der Waals surface area contributed by atoms with Crippen molar-refractivity contribution in [3.8, 4) is 0 Å². The summed E-state index contributed by atoms with van der Waals surface area (Å²) in [5.74, 6) is -0.976. The van der Waals surface area contributed by atoms with Gasteiger partial charge in [0.15, 0.2) is 0 Å². The van der Waals surface area contributed by atoms with Crippen LogP contribution in [-0.2, 0) is 9.59 Å². The molecule has 98 valence electrons. The first-order valence-electron chi connectivity index (χ1n) is 6.17. The maximum absolute atomic E-state index is 11.7. The van der Waals surface area contributed by atoms with E-state index in [0.29, 0.717) is 6.42 Å². The summed E-state index contributed by atoms with van der Waals surface area (Å²) >= 11 is 0. The van der Waals surface area contributed by atoms with E-state index in [1.165, 1.54) is 0 Å². The van der Waals surface area contributed by atoms with Crippen LogP contribution < -0.4 is 5.32 Å². The molecule has 0 radical (unpaired) electrons. The zero-order valence-corrected chi connectivity index (χ0v) is 10.6. The van der Waals surface area contributed by atoms with Gasteiger partial charge in [0.1, 0.15) is 0 Å². The number of carbonyl (C=O) groups excluding carboxylic acids is 1. The number of hydrogen-bond acceptors (Lipinski definition) is 3. The second-order valence-corrected chi connectivity index (χ2v) is 5.08. The molecule has 0 saturated carbocycles. The molecular weight excluding hydrogens is 220 g/mol. The molecule has 1 fully saturated rings. The minimum Gasteiger partial charge on any atom is -0.481 e. The van der Waals surface area contributed by atoms with Crippen LogP contribution in [0.25, 0.3) is 0 Å². The molecule has 2 atom stereocenters. The average Bonchev–Trinajstić information content (AvgIpc) is 2.14. The van der Waals surface area contributed by atoms with Crippen molar-refractivity contribution in [1.82, 2.24) is 10.2 Å². The predicted molar refractivity (Wildman–Crippen MR) is 64.7 cm³/mol. The maximum Gasteiger partial charge on any atom is 0.303 e. The third-order valence-electron chi connectivity index (χ3n) is 3.05. The van der Waals surface area contributed by atoms with Crippen molar-refractivity contribution in [1.29, 1.82) is 0 Å². The zero-order chi connectivity index (χ0) is 12.8. The minimum atomic E-state index is -0.845. The van der Waals surface area contributed by atoms with Gasteiger partial charge in [-0.25, -0.2) is 0 Å². The predicted octanol–water partition coefficient (Wildman–Crippen LogP) is 0.698. The Morgan fingerprint density at radius 3 is 2.76 bits per heavy atom. The van der Waals surface area contributed by atoms with Crippen molar-refractivity contribution >= 4 is 11.9 Å². The Balaban J connectivity index is 2.26. The summed E-state index contributed by atoms with van der Waals surface area (Å²) in [4.78, 5) is 24.4. The molecule has 2 unspecified atom stereocenters. The number of nitrogens with zero attached hydrogens (tertiary/aromatic N) is 1. The van der Waals surface area contributed by atoms with Gasteiger partial charge in [-0.1, -0.05) is 6.92 Å². The number of nitrogens with one attached hydrogen (secondary N) is 1. The van der Waals surface area contributed by atoms with Gasteiger partial charge in [0, 0.05) is 25.4 Å². The normalized spacial score (nSPS) is 23.1. The Kier molecular flexibility index (Phi) is 5.41. The quantitative estimate of drug-likeness (QED) is 0.744. The van der Waals surface area contributed by atoms with Crippen LogP contribution in [-0.4, -0.2) is 48.1 Å². The lowest BCUT2D eigenvalue weighted by atomic mass is 10.0. The number of aliphatic carboxylic acids is 1. The minimum absolute atomic E-state index is 0.0287. The molecule has 2 N–H and O–H groups in total. The molecule has 1 aliphatic rings. The van der Waals surface area contributed by atoms with Crippen LogP contribution in [0.3, 0.4) is 0 Å². The van der Waals surface area contributed by atoms with Gasteiger partial charge in [-0.3, -0.25) is 9.59 Å². The largest absolute Gasteiger partial charge is 0.481 e. The third-order valence-corrected chi connectivity index (χ3v) is 3.05. The molecule has 0 aromatic rings. The fourth-order valence-electron chi connectivity index (χ4n) is 2.26. The van der Waals surface area contributed by atoms with Gasteiger partial charge < -0.3 is 15.3 Å². The van der Waals surface area contributed by atoms with Crippen LogP contribution in [0.5, 0.6) is 0 Å². The standard InChI is InChI=1S/C12H22N2O3/c1-9(7-12(16)17)6-11(15)13-10-4-3-5-14(2)8-10/h9-10H,3-8H2,1-2H3,(H,13,15)(H,16,17).